The van der Waals surface area contributed by atoms with E-state index < -0.39 is 15.8 Å². The molecule has 0 bridgehead atoms. The Hall–Kier alpha value is -0.940. The second-order valence-corrected chi connectivity index (χ2v) is 6.28. The summed E-state index contributed by atoms with van der Waals surface area (Å²) in [6.07, 6.45) is 2.87. The topological polar surface area (TPSA) is 37.4 Å². The maximum atomic E-state index is 13.4. The Kier molecular flexibility index (Phi) is 3.79. The van der Waals surface area contributed by atoms with Crippen molar-refractivity contribution in [1.82, 2.24) is 4.31 Å². The molecule has 0 atom stereocenters. The van der Waals surface area contributed by atoms with Crippen molar-refractivity contribution in [3.8, 4) is 0 Å². The summed E-state index contributed by atoms with van der Waals surface area (Å²) in [7, 11) is -3.37. The number of hydrogen-bond acceptors (Lipinski definition) is 2. The molecule has 0 aromatic heterocycles. The third kappa shape index (κ3) is 3.04. The van der Waals surface area contributed by atoms with Gasteiger partial charge in [0, 0.05) is 18.7 Å². The fraction of sp³-hybridized carbons (Fsp3) is 0.500. The van der Waals surface area contributed by atoms with Gasteiger partial charge in [-0.25, -0.2) is 17.1 Å². The maximum absolute atomic E-state index is 13.4. The number of piperidine rings is 1. The summed E-state index contributed by atoms with van der Waals surface area (Å²) in [4.78, 5) is 0. The van der Waals surface area contributed by atoms with Crippen molar-refractivity contribution in [1.29, 1.82) is 0 Å². The van der Waals surface area contributed by atoms with Gasteiger partial charge in [0.05, 0.1) is 5.75 Å². The van der Waals surface area contributed by atoms with E-state index in [-0.39, 0.29) is 11.3 Å². The zero-order valence-corrected chi connectivity index (χ0v) is 10.4. The van der Waals surface area contributed by atoms with Gasteiger partial charge in [-0.3, -0.25) is 0 Å². The average Bonchev–Trinajstić information content (AvgIpc) is 2.33. The fourth-order valence-electron chi connectivity index (χ4n) is 2.05. The van der Waals surface area contributed by atoms with Crippen molar-refractivity contribution in [3.63, 3.8) is 0 Å². The van der Waals surface area contributed by atoms with E-state index in [4.69, 9.17) is 0 Å². The summed E-state index contributed by atoms with van der Waals surface area (Å²) in [6, 6.07) is 6.04. The second-order valence-electron chi connectivity index (χ2n) is 4.31. The van der Waals surface area contributed by atoms with Gasteiger partial charge in [0.15, 0.2) is 0 Å². The normalized spacial score (nSPS) is 18.2. The largest absolute Gasteiger partial charge is 0.218 e. The first-order valence-corrected chi connectivity index (χ1v) is 7.42. The number of benzene rings is 1. The van der Waals surface area contributed by atoms with Gasteiger partial charge >= 0.3 is 0 Å². The Balaban J connectivity index is 2.14. The molecule has 1 aliphatic heterocycles. The smallest absolute Gasteiger partial charge is 0.212 e. The van der Waals surface area contributed by atoms with E-state index in [1.165, 1.54) is 16.4 Å². The first-order chi connectivity index (χ1) is 8.09. The minimum Gasteiger partial charge on any atom is -0.212 e. The molecule has 0 N–H and O–H groups in total. The molecule has 1 fully saturated rings. The van der Waals surface area contributed by atoms with Gasteiger partial charge in [-0.05, 0) is 18.9 Å². The lowest BCUT2D eigenvalue weighted by atomic mass is 10.2. The van der Waals surface area contributed by atoms with E-state index in [9.17, 15) is 12.8 Å². The van der Waals surface area contributed by atoms with Gasteiger partial charge in [0.1, 0.15) is 5.82 Å². The van der Waals surface area contributed by atoms with Crippen molar-refractivity contribution >= 4 is 10.0 Å². The quantitative estimate of drug-likeness (QED) is 0.832. The average molecular weight is 257 g/mol. The molecule has 5 heteroatoms. The minimum absolute atomic E-state index is 0.236. The second kappa shape index (κ2) is 5.14. The predicted octanol–water partition coefficient (Wildman–Crippen LogP) is 2.14. The minimum atomic E-state index is -3.37. The third-order valence-corrected chi connectivity index (χ3v) is 4.83. The molecule has 3 nitrogen and oxygen atoms in total. The highest BCUT2D eigenvalue weighted by Gasteiger charge is 2.24. The van der Waals surface area contributed by atoms with Gasteiger partial charge in [0.25, 0.3) is 0 Å². The molecule has 0 spiro atoms. The van der Waals surface area contributed by atoms with Crippen LogP contribution in [0.25, 0.3) is 0 Å². The highest BCUT2D eigenvalue weighted by molar-refractivity contribution is 7.88. The number of hydrogen-bond donors (Lipinski definition) is 0. The van der Waals surface area contributed by atoms with Gasteiger partial charge in [0.2, 0.25) is 10.0 Å². The Morgan fingerprint density at radius 3 is 2.41 bits per heavy atom. The molecule has 94 valence electrons. The summed E-state index contributed by atoms with van der Waals surface area (Å²) in [5, 5.41) is 0. The SMILES string of the molecule is O=S(=O)(Cc1ccccc1F)N1CCCCC1. The Morgan fingerprint density at radius 1 is 1.12 bits per heavy atom. The molecule has 1 aromatic carbocycles. The molecule has 1 aromatic rings. The van der Waals surface area contributed by atoms with E-state index in [1.54, 1.807) is 12.1 Å². The lowest BCUT2D eigenvalue weighted by Gasteiger charge is -2.25. The van der Waals surface area contributed by atoms with Crippen LogP contribution in [0.3, 0.4) is 0 Å². The maximum Gasteiger partial charge on any atom is 0.218 e. The standard InChI is InChI=1S/C12H16FNO2S/c13-12-7-3-2-6-11(12)10-17(15,16)14-8-4-1-5-9-14/h2-3,6-7H,1,4-5,8-10H2. The third-order valence-electron chi connectivity index (χ3n) is 3.00. The van der Waals surface area contributed by atoms with Crippen LogP contribution in [0.2, 0.25) is 0 Å². The van der Waals surface area contributed by atoms with Crippen LogP contribution in [-0.4, -0.2) is 25.8 Å². The molecule has 2 rings (SSSR count). The van der Waals surface area contributed by atoms with Crippen LogP contribution in [0.4, 0.5) is 4.39 Å². The van der Waals surface area contributed by atoms with Gasteiger partial charge in [-0.2, -0.15) is 0 Å². The monoisotopic (exact) mass is 257 g/mol. The number of halogens is 1. The number of rotatable bonds is 3. The molecule has 0 saturated carbocycles. The van der Waals surface area contributed by atoms with Crippen LogP contribution in [0.1, 0.15) is 24.8 Å². The van der Waals surface area contributed by atoms with E-state index in [0.29, 0.717) is 13.1 Å². The van der Waals surface area contributed by atoms with Crippen molar-refractivity contribution in [3.05, 3.63) is 35.6 Å². The van der Waals surface area contributed by atoms with E-state index in [0.717, 1.165) is 19.3 Å². The van der Waals surface area contributed by atoms with Crippen molar-refractivity contribution in [2.75, 3.05) is 13.1 Å². The molecule has 0 unspecified atom stereocenters. The van der Waals surface area contributed by atoms with Gasteiger partial charge in [-0.1, -0.05) is 24.6 Å². The summed E-state index contributed by atoms with van der Waals surface area (Å²) >= 11 is 0. The summed E-state index contributed by atoms with van der Waals surface area (Å²) < 4.78 is 39.0. The summed E-state index contributed by atoms with van der Waals surface area (Å²) in [6.45, 7) is 1.13. The number of nitrogens with zero attached hydrogens (tertiary/aromatic N) is 1. The van der Waals surface area contributed by atoms with Gasteiger partial charge in [-0.15, -0.1) is 0 Å². The first kappa shape index (κ1) is 12.5. The van der Waals surface area contributed by atoms with Crippen molar-refractivity contribution in [2.24, 2.45) is 0 Å². The van der Waals surface area contributed by atoms with Crippen LogP contribution in [0, 0.1) is 5.82 Å². The predicted molar refractivity (Wildman–Crippen MR) is 64.4 cm³/mol. The van der Waals surface area contributed by atoms with E-state index in [1.807, 2.05) is 0 Å². The molecule has 0 amide bonds. The van der Waals surface area contributed by atoms with Crippen LogP contribution in [-0.2, 0) is 15.8 Å². The van der Waals surface area contributed by atoms with Crippen LogP contribution in [0.5, 0.6) is 0 Å². The summed E-state index contributed by atoms with van der Waals surface area (Å²) in [5.41, 5.74) is 0.248. The van der Waals surface area contributed by atoms with Crippen molar-refractivity contribution < 1.29 is 12.8 Å². The fourth-order valence-corrected chi connectivity index (χ4v) is 3.67. The molecule has 1 aliphatic rings. The Labute approximate surface area is 101 Å². The van der Waals surface area contributed by atoms with Crippen LogP contribution in [0.15, 0.2) is 24.3 Å². The summed E-state index contributed by atoms with van der Waals surface area (Å²) in [5.74, 6) is -0.687. The van der Waals surface area contributed by atoms with Crippen LogP contribution < -0.4 is 0 Å². The Morgan fingerprint density at radius 2 is 1.76 bits per heavy atom. The zero-order chi connectivity index (χ0) is 12.3. The molecule has 0 aliphatic carbocycles. The van der Waals surface area contributed by atoms with Crippen LogP contribution >= 0.6 is 0 Å². The molecule has 1 heterocycles. The molecular weight excluding hydrogens is 241 g/mol. The van der Waals surface area contributed by atoms with Crippen molar-refractivity contribution in [2.45, 2.75) is 25.0 Å². The van der Waals surface area contributed by atoms with Gasteiger partial charge < -0.3 is 0 Å². The lowest BCUT2D eigenvalue weighted by molar-refractivity contribution is 0.346. The molecule has 17 heavy (non-hydrogen) atoms. The molecular formula is C12H16FNO2S. The van der Waals surface area contributed by atoms with E-state index in [2.05, 4.69) is 0 Å². The Bertz CT molecular complexity index is 481. The first-order valence-electron chi connectivity index (χ1n) is 5.81. The zero-order valence-electron chi connectivity index (χ0n) is 9.60. The lowest BCUT2D eigenvalue weighted by Crippen LogP contribution is -2.36. The highest BCUT2D eigenvalue weighted by Crippen LogP contribution is 2.18. The highest BCUT2D eigenvalue weighted by atomic mass is 32.2. The van der Waals surface area contributed by atoms with E-state index >= 15 is 0 Å². The number of sulfonamides is 1. The molecule has 0 radical (unpaired) electrons. The molecule has 1 saturated heterocycles.